The fourth-order valence-corrected chi connectivity index (χ4v) is 3.63. The van der Waals surface area contributed by atoms with E-state index >= 15 is 0 Å². The van der Waals surface area contributed by atoms with Gasteiger partial charge < -0.3 is 9.47 Å². The minimum absolute atomic E-state index is 0.282. The molecule has 1 atom stereocenters. The lowest BCUT2D eigenvalue weighted by atomic mass is 10.0. The standard InChI is InChI=1S/C22H23N2O4/c1-3-4-13-23-21(25)20-19(17-7-5-6-8-18(17)28-20)24(22(23)26)14-15-9-11-16(27-2)12-10-15/h5-12,20H,3-4,13-14H2,1-2H3/q+1. The molecule has 6 nitrogen and oxygen atoms in total. The minimum atomic E-state index is -0.773. The van der Waals surface area contributed by atoms with Crippen LogP contribution >= 0.6 is 0 Å². The van der Waals surface area contributed by atoms with Gasteiger partial charge in [0.05, 0.1) is 19.2 Å². The number of carbonyl (C=O) groups is 2. The van der Waals surface area contributed by atoms with Crippen molar-refractivity contribution in [3.63, 3.8) is 0 Å². The number of rotatable bonds is 6. The van der Waals surface area contributed by atoms with E-state index in [1.807, 2.05) is 55.5 Å². The molecule has 2 aliphatic rings. The first kappa shape index (κ1) is 18.2. The first-order chi connectivity index (χ1) is 13.6. The second-order valence-electron chi connectivity index (χ2n) is 6.94. The number of methoxy groups -OCH3 is 1. The molecule has 2 heterocycles. The molecule has 0 aromatic heterocycles. The van der Waals surface area contributed by atoms with Crippen molar-refractivity contribution < 1.29 is 23.6 Å². The summed E-state index contributed by atoms with van der Waals surface area (Å²) in [7, 11) is 1.62. The maximum atomic E-state index is 13.3. The third-order valence-corrected chi connectivity index (χ3v) is 5.13. The highest BCUT2D eigenvalue weighted by atomic mass is 16.5. The topological polar surface area (TPSA) is 58.9 Å². The molecule has 0 bridgehead atoms. The minimum Gasteiger partial charge on any atom is -0.497 e. The molecule has 0 fully saturated rings. The number of hydrogen-bond donors (Lipinski definition) is 0. The van der Waals surface area contributed by atoms with E-state index in [4.69, 9.17) is 9.47 Å². The Hall–Kier alpha value is -3.15. The zero-order chi connectivity index (χ0) is 19.7. The fourth-order valence-electron chi connectivity index (χ4n) is 3.63. The van der Waals surface area contributed by atoms with Gasteiger partial charge in [-0.05, 0) is 36.2 Å². The summed E-state index contributed by atoms with van der Waals surface area (Å²) in [5.74, 6) is 1.12. The molecule has 4 rings (SSSR count). The van der Waals surface area contributed by atoms with Gasteiger partial charge in [0.25, 0.3) is 6.10 Å². The SMILES string of the molecule is CCCCN1C(=O)C2Oc3ccccc3C2=[N+](Cc2ccc(OC)cc2)C1=O. The maximum absolute atomic E-state index is 13.3. The Morgan fingerprint density at radius 2 is 1.86 bits per heavy atom. The van der Waals surface area contributed by atoms with Crippen molar-refractivity contribution in [3.05, 3.63) is 59.7 Å². The second-order valence-corrected chi connectivity index (χ2v) is 6.94. The number of nitrogens with zero attached hydrogens (tertiary/aromatic N) is 2. The van der Waals surface area contributed by atoms with Crippen LogP contribution in [0.25, 0.3) is 0 Å². The zero-order valence-electron chi connectivity index (χ0n) is 16.1. The summed E-state index contributed by atoms with van der Waals surface area (Å²) in [6.45, 7) is 2.80. The number of ether oxygens (including phenoxy) is 2. The molecular formula is C22H23N2O4+. The first-order valence-electron chi connectivity index (χ1n) is 9.52. The molecule has 28 heavy (non-hydrogen) atoms. The normalized spacial score (nSPS) is 18.1. The van der Waals surface area contributed by atoms with E-state index in [1.165, 1.54) is 4.90 Å². The lowest BCUT2D eigenvalue weighted by molar-refractivity contribution is -0.456. The van der Waals surface area contributed by atoms with Crippen molar-refractivity contribution in [2.24, 2.45) is 0 Å². The third kappa shape index (κ3) is 3.05. The summed E-state index contributed by atoms with van der Waals surface area (Å²) >= 11 is 0. The van der Waals surface area contributed by atoms with E-state index < -0.39 is 6.10 Å². The molecule has 3 amide bonds. The number of hydrogen-bond acceptors (Lipinski definition) is 4. The highest BCUT2D eigenvalue weighted by molar-refractivity contribution is 6.21. The Bertz CT molecular complexity index is 949. The first-order valence-corrected chi connectivity index (χ1v) is 9.52. The summed E-state index contributed by atoms with van der Waals surface area (Å²) in [6.07, 6.45) is 0.894. The van der Waals surface area contributed by atoms with Crippen LogP contribution in [0.5, 0.6) is 11.5 Å². The van der Waals surface area contributed by atoms with Crippen LogP contribution < -0.4 is 9.47 Å². The van der Waals surface area contributed by atoms with Gasteiger partial charge in [-0.15, -0.1) is 0 Å². The highest BCUT2D eigenvalue weighted by Crippen LogP contribution is 2.32. The van der Waals surface area contributed by atoms with Crippen LogP contribution in [-0.2, 0) is 11.3 Å². The molecule has 0 N–H and O–H groups in total. The van der Waals surface area contributed by atoms with Gasteiger partial charge in [0.1, 0.15) is 18.0 Å². The van der Waals surface area contributed by atoms with Crippen molar-refractivity contribution in [3.8, 4) is 11.5 Å². The highest BCUT2D eigenvalue weighted by Gasteiger charge is 2.53. The molecule has 0 saturated carbocycles. The molecule has 2 aromatic carbocycles. The fraction of sp³-hybridized carbons (Fsp3) is 0.318. The van der Waals surface area contributed by atoms with E-state index in [1.54, 1.807) is 11.7 Å². The van der Waals surface area contributed by atoms with Crippen molar-refractivity contribution in [2.45, 2.75) is 32.4 Å². The molecule has 0 saturated heterocycles. The third-order valence-electron chi connectivity index (χ3n) is 5.13. The van der Waals surface area contributed by atoms with Crippen LogP contribution in [0.4, 0.5) is 4.79 Å². The summed E-state index contributed by atoms with van der Waals surface area (Å²) in [5.41, 5.74) is 2.39. The maximum Gasteiger partial charge on any atom is 0.501 e. The Morgan fingerprint density at radius 3 is 2.57 bits per heavy atom. The van der Waals surface area contributed by atoms with E-state index in [0.29, 0.717) is 24.6 Å². The van der Waals surface area contributed by atoms with Gasteiger partial charge in [-0.1, -0.05) is 37.6 Å². The largest absolute Gasteiger partial charge is 0.501 e. The molecule has 0 aliphatic carbocycles. The molecular weight excluding hydrogens is 356 g/mol. The predicted octanol–water partition coefficient (Wildman–Crippen LogP) is 3.22. The van der Waals surface area contributed by atoms with Crippen LogP contribution in [-0.4, -0.2) is 46.9 Å². The molecule has 2 aromatic rings. The molecule has 1 unspecified atom stereocenters. The molecule has 0 spiro atoms. The molecule has 2 aliphatic heterocycles. The number of urea groups is 1. The lowest BCUT2D eigenvalue weighted by Crippen LogP contribution is -2.57. The van der Waals surface area contributed by atoms with Crippen LogP contribution in [0, 0.1) is 0 Å². The number of benzene rings is 2. The Kier molecular flexibility index (Phi) is 4.86. The summed E-state index contributed by atoms with van der Waals surface area (Å²) in [5, 5.41) is 0. The second kappa shape index (κ2) is 7.46. The quantitative estimate of drug-likeness (QED) is 0.723. The average Bonchev–Trinajstić information content (AvgIpc) is 3.11. The smallest absolute Gasteiger partial charge is 0.497 e. The van der Waals surface area contributed by atoms with Gasteiger partial charge in [0.2, 0.25) is 0 Å². The van der Waals surface area contributed by atoms with Crippen LogP contribution in [0.15, 0.2) is 48.5 Å². The van der Waals surface area contributed by atoms with Crippen molar-refractivity contribution in [1.29, 1.82) is 0 Å². The van der Waals surface area contributed by atoms with Crippen molar-refractivity contribution in [1.82, 2.24) is 4.90 Å². The van der Waals surface area contributed by atoms with E-state index in [9.17, 15) is 9.59 Å². The van der Waals surface area contributed by atoms with E-state index in [2.05, 4.69) is 0 Å². The van der Waals surface area contributed by atoms with Crippen LogP contribution in [0.2, 0.25) is 0 Å². The van der Waals surface area contributed by atoms with Gasteiger partial charge >= 0.3 is 11.9 Å². The van der Waals surface area contributed by atoms with Gasteiger partial charge in [-0.3, -0.25) is 0 Å². The Labute approximate surface area is 164 Å². The van der Waals surface area contributed by atoms with Gasteiger partial charge in [0, 0.05) is 0 Å². The number of carbonyl (C=O) groups excluding carboxylic acids is 2. The molecule has 144 valence electrons. The Balaban J connectivity index is 1.78. The number of fused-ring (bicyclic) bond motifs is 3. The number of para-hydroxylation sites is 1. The number of unbranched alkanes of at least 4 members (excludes halogenated alkanes) is 1. The van der Waals surface area contributed by atoms with Gasteiger partial charge in [-0.2, -0.15) is 14.3 Å². The van der Waals surface area contributed by atoms with Gasteiger partial charge in [0.15, 0.2) is 5.71 Å². The van der Waals surface area contributed by atoms with Crippen LogP contribution in [0.3, 0.4) is 0 Å². The van der Waals surface area contributed by atoms with Crippen molar-refractivity contribution >= 4 is 17.6 Å². The molecule has 6 heteroatoms. The Morgan fingerprint density at radius 1 is 1.11 bits per heavy atom. The number of amides is 3. The zero-order valence-corrected chi connectivity index (χ0v) is 16.1. The summed E-state index contributed by atoms with van der Waals surface area (Å²) in [6, 6.07) is 14.8. The predicted molar refractivity (Wildman–Crippen MR) is 104 cm³/mol. The summed E-state index contributed by atoms with van der Waals surface area (Å²) < 4.78 is 12.8. The van der Waals surface area contributed by atoms with Crippen LogP contribution in [0.1, 0.15) is 30.9 Å². The lowest BCUT2D eigenvalue weighted by Gasteiger charge is -2.24. The van der Waals surface area contributed by atoms with Gasteiger partial charge in [-0.25, -0.2) is 4.79 Å². The average molecular weight is 379 g/mol. The van der Waals surface area contributed by atoms with E-state index in [0.717, 1.165) is 29.7 Å². The number of imide groups is 1. The van der Waals surface area contributed by atoms with E-state index in [-0.39, 0.29) is 11.9 Å². The molecule has 0 radical (unpaired) electrons. The summed E-state index contributed by atoms with van der Waals surface area (Å²) in [4.78, 5) is 27.6. The monoisotopic (exact) mass is 379 g/mol. The van der Waals surface area contributed by atoms with Crippen molar-refractivity contribution in [2.75, 3.05) is 13.7 Å².